The topological polar surface area (TPSA) is 9.23 Å². The Morgan fingerprint density at radius 2 is 1.76 bits per heavy atom. The first-order chi connectivity index (χ1) is 12.1. The molecule has 0 spiro atoms. The van der Waals surface area contributed by atoms with E-state index in [4.69, 9.17) is 4.74 Å². The number of hydrogen-bond acceptors (Lipinski definition) is 1. The predicted molar refractivity (Wildman–Crippen MR) is 94.8 cm³/mol. The minimum absolute atomic E-state index is 0.0300. The van der Waals surface area contributed by atoms with Crippen LogP contribution in [0.4, 0.5) is 8.78 Å². The maximum atomic E-state index is 14.2. The second kappa shape index (κ2) is 6.32. The summed E-state index contributed by atoms with van der Waals surface area (Å²) in [5, 5.41) is 0. The monoisotopic (exact) mass is 336 g/mol. The number of benzene rings is 3. The Balaban J connectivity index is 1.62. The smallest absolute Gasteiger partial charge is 0.134 e. The van der Waals surface area contributed by atoms with Gasteiger partial charge in [-0.1, -0.05) is 48.0 Å². The lowest BCUT2D eigenvalue weighted by atomic mass is 9.99. The summed E-state index contributed by atoms with van der Waals surface area (Å²) in [6.45, 7) is 2.06. The average Bonchev–Trinajstić information content (AvgIpc) is 3.00. The molecule has 4 rings (SSSR count). The zero-order valence-electron chi connectivity index (χ0n) is 13.9. The average molecular weight is 336 g/mol. The Bertz CT molecular complexity index is 916. The minimum atomic E-state index is -0.577. The van der Waals surface area contributed by atoms with E-state index in [0.717, 1.165) is 24.5 Å². The molecule has 0 saturated carbocycles. The van der Waals surface area contributed by atoms with Crippen molar-refractivity contribution in [3.8, 4) is 16.9 Å². The van der Waals surface area contributed by atoms with E-state index in [-0.39, 0.29) is 6.10 Å². The molecule has 0 amide bonds. The van der Waals surface area contributed by atoms with Crippen molar-refractivity contribution in [2.24, 2.45) is 0 Å². The van der Waals surface area contributed by atoms with Crippen molar-refractivity contribution >= 4 is 0 Å². The van der Waals surface area contributed by atoms with Gasteiger partial charge in [-0.2, -0.15) is 0 Å². The highest BCUT2D eigenvalue weighted by molar-refractivity contribution is 5.73. The molecule has 1 nitrogen and oxygen atoms in total. The largest absolute Gasteiger partial charge is 0.489 e. The number of fused-ring (bicyclic) bond motifs is 1. The molecule has 0 aliphatic carbocycles. The second-order valence-electron chi connectivity index (χ2n) is 6.55. The predicted octanol–water partition coefficient (Wildman–Crippen LogP) is 5.49. The third-order valence-electron chi connectivity index (χ3n) is 4.63. The molecular weight excluding hydrogens is 318 g/mol. The molecule has 0 aromatic heterocycles. The Hall–Kier alpha value is -2.68. The van der Waals surface area contributed by atoms with Crippen molar-refractivity contribution < 1.29 is 13.5 Å². The fraction of sp³-hybridized carbons (Fsp3) is 0.182. The summed E-state index contributed by atoms with van der Waals surface area (Å²) in [7, 11) is 0. The molecule has 126 valence electrons. The molecule has 3 aromatic rings. The lowest BCUT2D eigenvalue weighted by Crippen LogP contribution is -2.16. The van der Waals surface area contributed by atoms with Gasteiger partial charge in [0.05, 0.1) is 0 Å². The number of para-hydroxylation sites is 1. The molecule has 0 saturated heterocycles. The van der Waals surface area contributed by atoms with E-state index >= 15 is 0 Å². The standard InChI is InChI=1S/C22H18F2O/c1-14-5-7-15(8-6-14)11-18-12-16-3-2-4-20(22(16)25-18)19-10-9-17(23)13-21(19)24/h2-10,13,18H,11-12H2,1H3. The normalized spacial score (nSPS) is 15.7. The molecule has 1 atom stereocenters. The first kappa shape index (κ1) is 15.8. The lowest BCUT2D eigenvalue weighted by Gasteiger charge is -2.13. The van der Waals surface area contributed by atoms with Crippen LogP contribution in [0.3, 0.4) is 0 Å². The van der Waals surface area contributed by atoms with Gasteiger partial charge in [-0.15, -0.1) is 0 Å². The number of ether oxygens (including phenoxy) is 1. The van der Waals surface area contributed by atoms with Crippen LogP contribution in [0, 0.1) is 18.6 Å². The molecule has 3 aromatic carbocycles. The molecule has 0 N–H and O–H groups in total. The summed E-state index contributed by atoms with van der Waals surface area (Å²) >= 11 is 0. The highest BCUT2D eigenvalue weighted by Gasteiger charge is 2.26. The fourth-order valence-electron chi connectivity index (χ4n) is 3.36. The number of halogens is 2. The maximum absolute atomic E-state index is 14.2. The van der Waals surface area contributed by atoms with Gasteiger partial charge in [0.25, 0.3) is 0 Å². The Morgan fingerprint density at radius 1 is 0.960 bits per heavy atom. The zero-order chi connectivity index (χ0) is 17.4. The summed E-state index contributed by atoms with van der Waals surface area (Å²) in [5.74, 6) is -0.434. The van der Waals surface area contributed by atoms with Crippen LogP contribution in [0.1, 0.15) is 16.7 Å². The van der Waals surface area contributed by atoms with Crippen LogP contribution in [0.5, 0.6) is 5.75 Å². The van der Waals surface area contributed by atoms with E-state index in [1.807, 2.05) is 18.2 Å². The second-order valence-corrected chi connectivity index (χ2v) is 6.55. The molecule has 1 aliphatic rings. The van der Waals surface area contributed by atoms with Gasteiger partial charge in [-0.05, 0) is 30.2 Å². The van der Waals surface area contributed by atoms with Crippen molar-refractivity contribution in [1.82, 2.24) is 0 Å². The van der Waals surface area contributed by atoms with Gasteiger partial charge >= 0.3 is 0 Å². The number of aryl methyl sites for hydroxylation is 1. The first-order valence-electron chi connectivity index (χ1n) is 8.39. The summed E-state index contributed by atoms with van der Waals surface area (Å²) in [4.78, 5) is 0. The van der Waals surface area contributed by atoms with E-state index in [1.54, 1.807) is 0 Å². The molecule has 3 heteroatoms. The summed E-state index contributed by atoms with van der Waals surface area (Å²) < 4.78 is 33.5. The third kappa shape index (κ3) is 3.14. The van der Waals surface area contributed by atoms with E-state index in [0.29, 0.717) is 16.9 Å². The van der Waals surface area contributed by atoms with Gasteiger partial charge in [0.2, 0.25) is 0 Å². The molecule has 1 unspecified atom stereocenters. The van der Waals surface area contributed by atoms with Crippen LogP contribution in [-0.4, -0.2) is 6.10 Å². The number of hydrogen-bond donors (Lipinski definition) is 0. The third-order valence-corrected chi connectivity index (χ3v) is 4.63. The lowest BCUT2D eigenvalue weighted by molar-refractivity contribution is 0.234. The van der Waals surface area contributed by atoms with Gasteiger partial charge in [-0.25, -0.2) is 8.78 Å². The molecule has 0 bridgehead atoms. The Morgan fingerprint density at radius 3 is 2.52 bits per heavy atom. The van der Waals surface area contributed by atoms with Crippen molar-refractivity contribution in [2.75, 3.05) is 0 Å². The van der Waals surface area contributed by atoms with Crippen LogP contribution in [-0.2, 0) is 12.8 Å². The minimum Gasteiger partial charge on any atom is -0.489 e. The molecule has 0 fully saturated rings. The molecule has 1 heterocycles. The SMILES string of the molecule is Cc1ccc(CC2Cc3cccc(-c4ccc(F)cc4F)c3O2)cc1. The van der Waals surface area contributed by atoms with Gasteiger partial charge in [0, 0.05) is 30.0 Å². The van der Waals surface area contributed by atoms with E-state index in [2.05, 4.69) is 31.2 Å². The van der Waals surface area contributed by atoms with E-state index < -0.39 is 11.6 Å². The van der Waals surface area contributed by atoms with Crippen LogP contribution in [0.25, 0.3) is 11.1 Å². The Labute approximate surface area is 145 Å². The van der Waals surface area contributed by atoms with Crippen LogP contribution < -0.4 is 4.74 Å². The van der Waals surface area contributed by atoms with E-state index in [1.165, 1.54) is 23.3 Å². The van der Waals surface area contributed by atoms with Crippen molar-refractivity contribution in [3.63, 3.8) is 0 Å². The highest BCUT2D eigenvalue weighted by atomic mass is 19.1. The van der Waals surface area contributed by atoms with E-state index in [9.17, 15) is 8.78 Å². The van der Waals surface area contributed by atoms with Crippen LogP contribution in [0.15, 0.2) is 60.7 Å². The highest BCUT2D eigenvalue weighted by Crippen LogP contribution is 2.40. The first-order valence-corrected chi connectivity index (χ1v) is 8.39. The fourth-order valence-corrected chi connectivity index (χ4v) is 3.36. The van der Waals surface area contributed by atoms with Crippen LogP contribution in [0.2, 0.25) is 0 Å². The zero-order valence-corrected chi connectivity index (χ0v) is 13.9. The quantitative estimate of drug-likeness (QED) is 0.615. The number of rotatable bonds is 3. The van der Waals surface area contributed by atoms with Gasteiger partial charge in [0.1, 0.15) is 23.5 Å². The van der Waals surface area contributed by atoms with Crippen molar-refractivity contribution in [2.45, 2.75) is 25.9 Å². The molecule has 1 aliphatic heterocycles. The Kier molecular flexibility index (Phi) is 4.00. The van der Waals surface area contributed by atoms with Crippen LogP contribution >= 0.6 is 0 Å². The molecule has 25 heavy (non-hydrogen) atoms. The molecule has 0 radical (unpaired) electrons. The van der Waals surface area contributed by atoms with Gasteiger partial charge in [-0.3, -0.25) is 0 Å². The summed E-state index contributed by atoms with van der Waals surface area (Å²) in [5.41, 5.74) is 4.57. The van der Waals surface area contributed by atoms with Crippen molar-refractivity contribution in [3.05, 3.63) is 89.0 Å². The maximum Gasteiger partial charge on any atom is 0.134 e. The summed E-state index contributed by atoms with van der Waals surface area (Å²) in [6, 6.07) is 17.8. The van der Waals surface area contributed by atoms with Gasteiger partial charge < -0.3 is 4.74 Å². The van der Waals surface area contributed by atoms with Gasteiger partial charge in [0.15, 0.2) is 0 Å². The molecular formula is C22H18F2O. The summed E-state index contributed by atoms with van der Waals surface area (Å²) in [6.07, 6.45) is 1.63. The van der Waals surface area contributed by atoms with Crippen molar-refractivity contribution in [1.29, 1.82) is 0 Å².